The molecule has 4 nitrogen and oxygen atoms in total. The molecule has 1 saturated carbocycles. The lowest BCUT2D eigenvalue weighted by Gasteiger charge is -2.34. The average molecular weight is 256 g/mol. The van der Waals surface area contributed by atoms with Gasteiger partial charge in [-0.1, -0.05) is 13.3 Å². The maximum atomic E-state index is 12.2. The van der Waals surface area contributed by atoms with Gasteiger partial charge >= 0.3 is 5.97 Å². The molecule has 0 aromatic heterocycles. The third kappa shape index (κ3) is 3.45. The highest BCUT2D eigenvalue weighted by Crippen LogP contribution is 2.39. The summed E-state index contributed by atoms with van der Waals surface area (Å²) in [6.07, 6.45) is 5.25. The molecule has 0 aliphatic heterocycles. The van der Waals surface area contributed by atoms with Crippen LogP contribution in [-0.4, -0.2) is 50.7 Å². The third-order valence-electron chi connectivity index (χ3n) is 3.99. The van der Waals surface area contributed by atoms with E-state index in [1.807, 2.05) is 0 Å². The largest absolute Gasteiger partial charge is 0.468 e. The van der Waals surface area contributed by atoms with Gasteiger partial charge in [-0.25, -0.2) is 0 Å². The van der Waals surface area contributed by atoms with Gasteiger partial charge in [0.1, 0.15) is 5.54 Å². The Bertz CT molecular complexity index is 269. The maximum Gasteiger partial charge on any atom is 0.326 e. The van der Waals surface area contributed by atoms with E-state index in [-0.39, 0.29) is 5.97 Å². The molecule has 1 aliphatic rings. The highest BCUT2D eigenvalue weighted by atomic mass is 16.5. The molecule has 0 aromatic rings. The number of hydrogen-bond acceptors (Lipinski definition) is 4. The fraction of sp³-hybridized carbons (Fsp3) is 0.929. The first-order chi connectivity index (χ1) is 8.56. The van der Waals surface area contributed by atoms with Gasteiger partial charge in [0, 0.05) is 0 Å². The number of hydrogen-bond donors (Lipinski definition) is 1. The molecule has 4 heteroatoms. The van der Waals surface area contributed by atoms with Gasteiger partial charge in [0.2, 0.25) is 0 Å². The van der Waals surface area contributed by atoms with E-state index >= 15 is 0 Å². The van der Waals surface area contributed by atoms with Crippen LogP contribution in [0, 0.1) is 5.92 Å². The monoisotopic (exact) mass is 256 g/mol. The van der Waals surface area contributed by atoms with Crippen LogP contribution in [-0.2, 0) is 9.53 Å². The predicted octanol–water partition coefficient (Wildman–Crippen LogP) is 1.65. The summed E-state index contributed by atoms with van der Waals surface area (Å²) in [5.41, 5.74) is -0.430. The van der Waals surface area contributed by atoms with Crippen LogP contribution < -0.4 is 5.32 Å². The Morgan fingerprint density at radius 1 is 1.50 bits per heavy atom. The van der Waals surface area contributed by atoms with Crippen molar-refractivity contribution in [2.45, 2.75) is 44.6 Å². The van der Waals surface area contributed by atoms with Crippen molar-refractivity contribution in [1.82, 2.24) is 10.2 Å². The second-order valence-corrected chi connectivity index (χ2v) is 5.57. The number of carbonyl (C=O) groups is 1. The van der Waals surface area contributed by atoms with Crippen LogP contribution >= 0.6 is 0 Å². The minimum atomic E-state index is -0.430. The van der Waals surface area contributed by atoms with Crippen LogP contribution in [0.5, 0.6) is 0 Å². The number of esters is 1. The van der Waals surface area contributed by atoms with Gasteiger partial charge in [0.05, 0.1) is 7.11 Å². The van der Waals surface area contributed by atoms with Crippen molar-refractivity contribution in [2.24, 2.45) is 5.92 Å². The SMILES string of the molecule is CCCNC1(C(=O)OC)CCCC1CCN(C)C. The van der Waals surface area contributed by atoms with E-state index in [4.69, 9.17) is 4.74 Å². The minimum Gasteiger partial charge on any atom is -0.468 e. The predicted molar refractivity (Wildman–Crippen MR) is 73.6 cm³/mol. The standard InChI is InChI=1S/C14H28N2O2/c1-5-10-15-14(13(17)18-4)9-6-7-12(14)8-11-16(2)3/h12,15H,5-11H2,1-4H3. The van der Waals surface area contributed by atoms with Crippen molar-refractivity contribution in [3.05, 3.63) is 0 Å². The number of rotatable bonds is 7. The van der Waals surface area contributed by atoms with Gasteiger partial charge in [0.15, 0.2) is 0 Å². The normalized spacial score (nSPS) is 27.7. The average Bonchev–Trinajstić information content (AvgIpc) is 2.77. The number of ether oxygens (including phenoxy) is 1. The Labute approximate surface area is 111 Å². The summed E-state index contributed by atoms with van der Waals surface area (Å²) in [5.74, 6) is 0.330. The Kier molecular flexibility index (Phi) is 6.09. The van der Waals surface area contributed by atoms with Crippen molar-refractivity contribution in [3.8, 4) is 0 Å². The molecule has 0 aromatic carbocycles. The molecule has 1 aliphatic carbocycles. The van der Waals surface area contributed by atoms with E-state index in [0.29, 0.717) is 5.92 Å². The summed E-state index contributed by atoms with van der Waals surface area (Å²) in [4.78, 5) is 14.4. The van der Waals surface area contributed by atoms with Crippen molar-refractivity contribution in [1.29, 1.82) is 0 Å². The lowest BCUT2D eigenvalue weighted by molar-refractivity contribution is -0.150. The first kappa shape index (κ1) is 15.4. The summed E-state index contributed by atoms with van der Waals surface area (Å²) in [5, 5.41) is 3.48. The van der Waals surface area contributed by atoms with Gasteiger partial charge in [0.25, 0.3) is 0 Å². The molecule has 1 fully saturated rings. The van der Waals surface area contributed by atoms with Gasteiger partial charge < -0.3 is 15.0 Å². The van der Waals surface area contributed by atoms with Crippen molar-refractivity contribution in [2.75, 3.05) is 34.3 Å². The molecule has 0 radical (unpaired) electrons. The second-order valence-electron chi connectivity index (χ2n) is 5.57. The van der Waals surface area contributed by atoms with E-state index in [1.54, 1.807) is 0 Å². The van der Waals surface area contributed by atoms with E-state index < -0.39 is 5.54 Å². The first-order valence-electron chi connectivity index (χ1n) is 7.05. The van der Waals surface area contributed by atoms with E-state index in [0.717, 1.165) is 45.2 Å². The molecule has 2 unspecified atom stereocenters. The smallest absolute Gasteiger partial charge is 0.326 e. The molecular weight excluding hydrogens is 228 g/mol. The zero-order valence-corrected chi connectivity index (χ0v) is 12.3. The van der Waals surface area contributed by atoms with Crippen LogP contribution in [0.15, 0.2) is 0 Å². The zero-order valence-electron chi connectivity index (χ0n) is 12.3. The molecule has 106 valence electrons. The van der Waals surface area contributed by atoms with Crippen LogP contribution in [0.4, 0.5) is 0 Å². The van der Waals surface area contributed by atoms with Gasteiger partial charge in [-0.05, 0) is 58.8 Å². The lowest BCUT2D eigenvalue weighted by Crippen LogP contribution is -2.56. The van der Waals surface area contributed by atoms with E-state index in [1.165, 1.54) is 7.11 Å². The topological polar surface area (TPSA) is 41.6 Å². The number of nitrogens with zero attached hydrogens (tertiary/aromatic N) is 1. The van der Waals surface area contributed by atoms with Gasteiger partial charge in [-0.15, -0.1) is 0 Å². The van der Waals surface area contributed by atoms with Crippen molar-refractivity contribution >= 4 is 5.97 Å². The minimum absolute atomic E-state index is 0.0720. The van der Waals surface area contributed by atoms with Crippen LogP contribution in [0.25, 0.3) is 0 Å². The number of methoxy groups -OCH3 is 1. The Morgan fingerprint density at radius 3 is 2.78 bits per heavy atom. The summed E-state index contributed by atoms with van der Waals surface area (Å²) in [6.45, 7) is 4.03. The lowest BCUT2D eigenvalue weighted by atomic mass is 9.84. The second kappa shape index (κ2) is 7.10. The fourth-order valence-electron chi connectivity index (χ4n) is 2.99. The van der Waals surface area contributed by atoms with Gasteiger partial charge in [-0.2, -0.15) is 0 Å². The van der Waals surface area contributed by atoms with Gasteiger partial charge in [-0.3, -0.25) is 4.79 Å². The Hall–Kier alpha value is -0.610. The van der Waals surface area contributed by atoms with E-state index in [2.05, 4.69) is 31.2 Å². The molecular formula is C14H28N2O2. The quantitative estimate of drug-likeness (QED) is 0.703. The molecule has 1 N–H and O–H groups in total. The Balaban J connectivity index is 2.75. The van der Waals surface area contributed by atoms with E-state index in [9.17, 15) is 4.79 Å². The zero-order chi connectivity index (χ0) is 13.6. The summed E-state index contributed by atoms with van der Waals surface area (Å²) in [6, 6.07) is 0. The molecule has 0 heterocycles. The van der Waals surface area contributed by atoms with Crippen molar-refractivity contribution < 1.29 is 9.53 Å². The van der Waals surface area contributed by atoms with Crippen LogP contribution in [0.3, 0.4) is 0 Å². The highest BCUT2D eigenvalue weighted by Gasteiger charge is 2.49. The molecule has 0 bridgehead atoms. The summed E-state index contributed by atoms with van der Waals surface area (Å²) >= 11 is 0. The molecule has 1 rings (SSSR count). The van der Waals surface area contributed by atoms with Crippen LogP contribution in [0.2, 0.25) is 0 Å². The van der Waals surface area contributed by atoms with Crippen molar-refractivity contribution in [3.63, 3.8) is 0 Å². The molecule has 18 heavy (non-hydrogen) atoms. The summed E-state index contributed by atoms with van der Waals surface area (Å²) < 4.78 is 5.06. The first-order valence-corrected chi connectivity index (χ1v) is 7.05. The third-order valence-corrected chi connectivity index (χ3v) is 3.99. The highest BCUT2D eigenvalue weighted by molar-refractivity contribution is 5.81. The molecule has 0 spiro atoms. The molecule has 2 atom stereocenters. The molecule has 0 amide bonds. The Morgan fingerprint density at radius 2 is 2.22 bits per heavy atom. The molecule has 0 saturated heterocycles. The number of carbonyl (C=O) groups excluding carboxylic acids is 1. The van der Waals surface area contributed by atoms with Crippen LogP contribution in [0.1, 0.15) is 39.0 Å². The summed E-state index contributed by atoms with van der Waals surface area (Å²) in [7, 11) is 5.65. The maximum absolute atomic E-state index is 12.2. The fourth-order valence-corrected chi connectivity index (χ4v) is 2.99. The number of nitrogens with one attached hydrogen (secondary N) is 1.